The normalized spacial score (nSPS) is 14.1. The van der Waals surface area contributed by atoms with E-state index in [1.54, 1.807) is 23.1 Å². The third kappa shape index (κ3) is 3.90. The molecule has 1 N–H and O–H groups in total. The molecule has 1 aliphatic heterocycles. The van der Waals surface area contributed by atoms with Gasteiger partial charge in [-0.3, -0.25) is 14.9 Å². The highest BCUT2D eigenvalue weighted by Crippen LogP contribution is 2.35. The molecule has 3 rings (SSSR count). The maximum Gasteiger partial charge on any atom is 0.341 e. The first-order valence-electron chi connectivity index (χ1n) is 8.66. The van der Waals surface area contributed by atoms with Crippen molar-refractivity contribution in [3.8, 4) is 0 Å². The summed E-state index contributed by atoms with van der Waals surface area (Å²) in [4.78, 5) is 23.3. The van der Waals surface area contributed by atoms with Crippen LogP contribution < -0.4 is 10.2 Å². The van der Waals surface area contributed by atoms with Crippen molar-refractivity contribution in [3.63, 3.8) is 0 Å². The number of fused-ring (bicyclic) bond motifs is 1. The number of benzene rings is 2. The lowest BCUT2D eigenvalue weighted by Crippen LogP contribution is -2.34. The van der Waals surface area contributed by atoms with E-state index in [1.807, 2.05) is 6.92 Å². The number of nitro groups is 1. The van der Waals surface area contributed by atoms with Gasteiger partial charge in [0.15, 0.2) is 0 Å². The van der Waals surface area contributed by atoms with Crippen LogP contribution in [-0.4, -0.2) is 31.6 Å². The molecule has 154 valence electrons. The fourth-order valence-corrected chi connectivity index (χ4v) is 3.93. The summed E-state index contributed by atoms with van der Waals surface area (Å²) < 4.78 is 48.6. The van der Waals surface area contributed by atoms with Crippen LogP contribution in [0.4, 0.5) is 31.5 Å². The topological polar surface area (TPSA) is 110 Å². The first-order chi connectivity index (χ1) is 13.6. The van der Waals surface area contributed by atoms with Gasteiger partial charge in [-0.25, -0.2) is 8.42 Å². The Morgan fingerprint density at radius 3 is 2.55 bits per heavy atom. The summed E-state index contributed by atoms with van der Waals surface area (Å²) in [6, 6.07) is 7.69. The van der Waals surface area contributed by atoms with Crippen LogP contribution in [0.3, 0.4) is 0 Å². The van der Waals surface area contributed by atoms with Gasteiger partial charge in [-0.2, -0.15) is 8.78 Å². The van der Waals surface area contributed by atoms with E-state index in [-0.39, 0.29) is 11.6 Å². The largest absolute Gasteiger partial charge is 0.350 e. The van der Waals surface area contributed by atoms with E-state index in [0.29, 0.717) is 31.1 Å². The number of alkyl halides is 2. The number of carbonyl (C=O) groups excluding carboxylic acids is 1. The van der Waals surface area contributed by atoms with Crippen LogP contribution in [-0.2, 0) is 21.1 Å². The molecule has 1 amide bonds. The number of hydrogen-bond acceptors (Lipinski definition) is 6. The molecule has 0 aliphatic carbocycles. The number of rotatable bonds is 6. The van der Waals surface area contributed by atoms with Crippen LogP contribution in [0, 0.1) is 10.1 Å². The van der Waals surface area contributed by atoms with Crippen molar-refractivity contribution in [2.75, 3.05) is 16.8 Å². The Bertz CT molecular complexity index is 1090. The Labute approximate surface area is 165 Å². The number of amides is 1. The number of anilines is 3. The minimum atomic E-state index is -4.95. The third-order valence-electron chi connectivity index (χ3n) is 4.60. The zero-order valence-corrected chi connectivity index (χ0v) is 16.1. The third-order valence-corrected chi connectivity index (χ3v) is 5.98. The quantitative estimate of drug-likeness (QED) is 0.559. The van der Waals surface area contributed by atoms with Crippen LogP contribution >= 0.6 is 0 Å². The number of nitrogens with zero attached hydrogens (tertiary/aromatic N) is 2. The van der Waals surface area contributed by atoms with Crippen LogP contribution in [0.5, 0.6) is 0 Å². The smallest absolute Gasteiger partial charge is 0.341 e. The van der Waals surface area contributed by atoms with Crippen LogP contribution in [0.25, 0.3) is 0 Å². The van der Waals surface area contributed by atoms with Gasteiger partial charge in [-0.05, 0) is 49.2 Å². The molecule has 2 aromatic rings. The van der Waals surface area contributed by atoms with Crippen molar-refractivity contribution in [1.29, 1.82) is 0 Å². The molecule has 29 heavy (non-hydrogen) atoms. The summed E-state index contributed by atoms with van der Waals surface area (Å²) >= 11 is 0. The summed E-state index contributed by atoms with van der Waals surface area (Å²) in [6.07, 6.45) is 0.873. The van der Waals surface area contributed by atoms with Crippen molar-refractivity contribution in [3.05, 3.63) is 52.1 Å². The molecule has 0 fully saturated rings. The average molecular weight is 425 g/mol. The van der Waals surface area contributed by atoms with Gasteiger partial charge in [0.05, 0.1) is 9.82 Å². The van der Waals surface area contributed by atoms with Gasteiger partial charge in [0.25, 0.3) is 5.69 Å². The molecule has 0 atom stereocenters. The maximum atomic E-state index is 12.7. The van der Waals surface area contributed by atoms with E-state index >= 15 is 0 Å². The zero-order valence-electron chi connectivity index (χ0n) is 15.3. The number of halogens is 2. The Morgan fingerprint density at radius 2 is 1.93 bits per heavy atom. The summed E-state index contributed by atoms with van der Waals surface area (Å²) in [5, 5.41) is 14.2. The Balaban J connectivity index is 1.97. The molecule has 8 nitrogen and oxygen atoms in total. The number of carbonyl (C=O) groups is 1. The Hall–Kier alpha value is -3.08. The van der Waals surface area contributed by atoms with E-state index in [2.05, 4.69) is 5.32 Å². The number of nitrogens with one attached hydrogen (secondary N) is 1. The van der Waals surface area contributed by atoms with Gasteiger partial charge < -0.3 is 10.2 Å². The van der Waals surface area contributed by atoms with Crippen molar-refractivity contribution < 1.29 is 26.9 Å². The number of aryl methyl sites for hydroxylation is 1. The van der Waals surface area contributed by atoms with Crippen molar-refractivity contribution in [1.82, 2.24) is 0 Å². The molecule has 0 saturated carbocycles. The Kier molecular flexibility index (Phi) is 5.51. The number of nitro benzene ring substituents is 1. The summed E-state index contributed by atoms with van der Waals surface area (Å²) in [6.45, 7) is 2.38. The molecule has 1 aliphatic rings. The van der Waals surface area contributed by atoms with Crippen LogP contribution in [0.1, 0.15) is 18.9 Å². The van der Waals surface area contributed by atoms with Crippen molar-refractivity contribution >= 4 is 38.5 Å². The summed E-state index contributed by atoms with van der Waals surface area (Å²) in [5.74, 6) is -3.65. The molecule has 0 unspecified atom stereocenters. The summed E-state index contributed by atoms with van der Waals surface area (Å²) in [7, 11) is -4.95. The molecular weight excluding hydrogens is 408 g/mol. The van der Waals surface area contributed by atoms with E-state index in [1.165, 1.54) is 0 Å². The molecule has 1 heterocycles. The molecule has 0 saturated heterocycles. The molecular formula is C18H17F2N3O5S. The number of sulfone groups is 1. The van der Waals surface area contributed by atoms with E-state index < -0.39 is 31.1 Å². The summed E-state index contributed by atoms with van der Waals surface area (Å²) in [5.41, 5.74) is 1.46. The number of hydrogen-bond donors (Lipinski definition) is 1. The first-order valence-corrected chi connectivity index (χ1v) is 10.2. The molecule has 11 heteroatoms. The second-order valence-corrected chi connectivity index (χ2v) is 8.27. The van der Waals surface area contributed by atoms with Gasteiger partial charge in [-0.1, -0.05) is 0 Å². The lowest BCUT2D eigenvalue weighted by atomic mass is 10.0. The lowest BCUT2D eigenvalue weighted by molar-refractivity contribution is -0.384. The fourth-order valence-electron chi connectivity index (χ4n) is 3.19. The predicted molar refractivity (Wildman–Crippen MR) is 102 cm³/mol. The van der Waals surface area contributed by atoms with Gasteiger partial charge >= 0.3 is 5.76 Å². The maximum absolute atomic E-state index is 12.7. The second kappa shape index (κ2) is 7.74. The highest BCUT2D eigenvalue weighted by atomic mass is 32.2. The van der Waals surface area contributed by atoms with E-state index in [4.69, 9.17) is 0 Å². The van der Waals surface area contributed by atoms with Crippen LogP contribution in [0.15, 0.2) is 41.3 Å². The minimum Gasteiger partial charge on any atom is -0.350 e. The molecule has 0 radical (unpaired) electrons. The van der Waals surface area contributed by atoms with Crippen LogP contribution in [0.2, 0.25) is 0 Å². The Morgan fingerprint density at radius 1 is 1.21 bits per heavy atom. The predicted octanol–water partition coefficient (Wildman–Crippen LogP) is 3.63. The molecule has 0 bridgehead atoms. The van der Waals surface area contributed by atoms with Gasteiger partial charge in [-0.15, -0.1) is 0 Å². The second-order valence-electron chi connectivity index (χ2n) is 6.35. The highest BCUT2D eigenvalue weighted by molar-refractivity contribution is 7.91. The monoisotopic (exact) mass is 425 g/mol. The molecule has 0 aromatic heterocycles. The minimum absolute atomic E-state index is 0.0205. The van der Waals surface area contributed by atoms with E-state index in [0.717, 1.165) is 23.4 Å². The van der Waals surface area contributed by atoms with Gasteiger partial charge in [0.1, 0.15) is 5.69 Å². The van der Waals surface area contributed by atoms with Crippen molar-refractivity contribution in [2.24, 2.45) is 0 Å². The average Bonchev–Trinajstić information content (AvgIpc) is 2.68. The van der Waals surface area contributed by atoms with Gasteiger partial charge in [0.2, 0.25) is 15.7 Å². The standard InChI is InChI=1S/C18H17F2N3O5S/c1-2-22-15-7-4-12(9-11(15)3-8-17(22)24)21-14-6-5-13(10-16(14)23(25)26)29(27,28)18(19)20/h4-7,9-10,18,21H,2-3,8H2,1H3. The van der Waals surface area contributed by atoms with Gasteiger partial charge in [0, 0.05) is 30.4 Å². The highest BCUT2D eigenvalue weighted by Gasteiger charge is 2.29. The first kappa shape index (κ1) is 20.6. The zero-order chi connectivity index (χ0) is 21.3. The SMILES string of the molecule is CCN1C(=O)CCc2cc(Nc3ccc(S(=O)(=O)C(F)F)cc3[N+](=O)[O-])ccc21. The van der Waals surface area contributed by atoms with E-state index in [9.17, 15) is 32.1 Å². The molecule has 0 spiro atoms. The van der Waals surface area contributed by atoms with Crippen molar-refractivity contribution in [2.45, 2.75) is 30.4 Å². The lowest BCUT2D eigenvalue weighted by Gasteiger charge is -2.28. The fraction of sp³-hybridized carbons (Fsp3) is 0.278. The molecule has 2 aromatic carbocycles.